The van der Waals surface area contributed by atoms with Crippen molar-refractivity contribution in [3.63, 3.8) is 0 Å². The Hall–Kier alpha value is -3.66. The summed E-state index contributed by atoms with van der Waals surface area (Å²) in [5.74, 6) is -0.729. The van der Waals surface area contributed by atoms with E-state index in [1.165, 1.54) is 12.3 Å². The van der Waals surface area contributed by atoms with Crippen molar-refractivity contribution in [3.05, 3.63) is 68.0 Å². The maximum absolute atomic E-state index is 12.5. The molecular weight excluding hydrogens is 424 g/mol. The number of piperazine rings is 1. The zero-order chi connectivity index (χ0) is 22.0. The Bertz CT molecular complexity index is 1250. The lowest BCUT2D eigenvalue weighted by Crippen LogP contribution is -2.51. The molecule has 1 aliphatic rings. The van der Waals surface area contributed by atoms with Crippen LogP contribution in [0.25, 0.3) is 11.0 Å². The third-order valence-corrected chi connectivity index (χ3v) is 5.33. The Morgan fingerprint density at radius 2 is 1.77 bits per heavy atom. The molecule has 2 amide bonds. The number of pyridine rings is 1. The predicted molar refractivity (Wildman–Crippen MR) is 116 cm³/mol. The lowest BCUT2D eigenvalue weighted by Gasteiger charge is -2.36. The lowest BCUT2D eigenvalue weighted by atomic mass is 10.2. The summed E-state index contributed by atoms with van der Waals surface area (Å²) in [6.45, 7) is 2.27. The standard InChI is InChI=1S/C20H19ClN6O4/c21-13-1-3-14(4-2-13)26-5-7-27(8-6-26)16(28)11-23-18(29)12-9-15-17(22-10-12)24-20(31)25-19(15)30/h1-4,9-10H,5-8,11H2,(H,23,29)(H2,22,24,25,30,31). The van der Waals surface area contributed by atoms with Gasteiger partial charge in [-0.2, -0.15) is 0 Å². The number of aromatic amines is 2. The molecule has 0 aliphatic carbocycles. The van der Waals surface area contributed by atoms with Crippen LogP contribution in [0.2, 0.25) is 5.02 Å². The number of fused-ring (bicyclic) bond motifs is 1. The number of carbonyl (C=O) groups excluding carboxylic acids is 2. The molecule has 3 aromatic rings. The largest absolute Gasteiger partial charge is 0.368 e. The molecule has 1 saturated heterocycles. The van der Waals surface area contributed by atoms with E-state index in [4.69, 9.17) is 11.6 Å². The summed E-state index contributed by atoms with van der Waals surface area (Å²) < 4.78 is 0. The van der Waals surface area contributed by atoms with Crippen molar-refractivity contribution in [2.24, 2.45) is 0 Å². The Balaban J connectivity index is 1.33. The minimum absolute atomic E-state index is 0.0805. The maximum Gasteiger partial charge on any atom is 0.327 e. The average Bonchev–Trinajstić information content (AvgIpc) is 2.77. The average molecular weight is 443 g/mol. The highest BCUT2D eigenvalue weighted by Crippen LogP contribution is 2.19. The number of aromatic nitrogens is 3. The number of amides is 2. The molecule has 0 unspecified atom stereocenters. The second kappa shape index (κ2) is 8.60. The zero-order valence-electron chi connectivity index (χ0n) is 16.4. The number of hydrogen-bond acceptors (Lipinski definition) is 6. The smallest absolute Gasteiger partial charge is 0.327 e. The number of nitrogens with zero attached hydrogens (tertiary/aromatic N) is 3. The number of rotatable bonds is 4. The molecule has 2 aromatic heterocycles. The van der Waals surface area contributed by atoms with Crippen LogP contribution in [-0.4, -0.2) is 64.4 Å². The van der Waals surface area contributed by atoms with Crippen molar-refractivity contribution in [3.8, 4) is 0 Å². The first kappa shape index (κ1) is 20.6. The fraction of sp³-hybridized carbons (Fsp3) is 0.250. The van der Waals surface area contributed by atoms with E-state index >= 15 is 0 Å². The quantitative estimate of drug-likeness (QED) is 0.534. The predicted octanol–water partition coefficient (Wildman–Crippen LogP) is 0.343. The molecule has 11 heteroatoms. The van der Waals surface area contributed by atoms with E-state index in [1.54, 1.807) is 4.90 Å². The van der Waals surface area contributed by atoms with Gasteiger partial charge >= 0.3 is 5.69 Å². The van der Waals surface area contributed by atoms with Gasteiger partial charge in [-0.3, -0.25) is 24.4 Å². The SMILES string of the molecule is O=C(NCC(=O)N1CCN(c2ccc(Cl)cc2)CC1)c1cnc2[nH]c(=O)[nH]c(=O)c2c1. The van der Waals surface area contributed by atoms with E-state index in [1.807, 2.05) is 24.3 Å². The number of hydrogen-bond donors (Lipinski definition) is 3. The van der Waals surface area contributed by atoms with E-state index in [0.29, 0.717) is 31.2 Å². The highest BCUT2D eigenvalue weighted by molar-refractivity contribution is 6.30. The van der Waals surface area contributed by atoms with Gasteiger partial charge in [0.05, 0.1) is 17.5 Å². The number of H-pyrrole nitrogens is 2. The molecule has 4 rings (SSSR count). The van der Waals surface area contributed by atoms with Gasteiger partial charge in [0, 0.05) is 43.1 Å². The second-order valence-corrected chi connectivity index (χ2v) is 7.49. The lowest BCUT2D eigenvalue weighted by molar-refractivity contribution is -0.130. The van der Waals surface area contributed by atoms with Crippen LogP contribution in [0.1, 0.15) is 10.4 Å². The van der Waals surface area contributed by atoms with Gasteiger partial charge in [0.25, 0.3) is 11.5 Å². The van der Waals surface area contributed by atoms with Gasteiger partial charge in [-0.1, -0.05) is 11.6 Å². The minimum Gasteiger partial charge on any atom is -0.368 e. The summed E-state index contributed by atoms with van der Waals surface area (Å²) in [7, 11) is 0. The van der Waals surface area contributed by atoms with Crippen LogP contribution in [0.3, 0.4) is 0 Å². The molecule has 1 aromatic carbocycles. The summed E-state index contributed by atoms with van der Waals surface area (Å²) in [5, 5.41) is 3.31. The summed E-state index contributed by atoms with van der Waals surface area (Å²) in [5.41, 5.74) is -0.0743. The van der Waals surface area contributed by atoms with Gasteiger partial charge in [-0.25, -0.2) is 9.78 Å². The Morgan fingerprint density at radius 3 is 2.48 bits per heavy atom. The van der Waals surface area contributed by atoms with E-state index < -0.39 is 17.2 Å². The number of benzene rings is 1. The minimum atomic E-state index is -0.677. The first-order valence-electron chi connectivity index (χ1n) is 9.59. The monoisotopic (exact) mass is 442 g/mol. The maximum atomic E-state index is 12.5. The fourth-order valence-electron chi connectivity index (χ4n) is 3.41. The molecule has 3 heterocycles. The van der Waals surface area contributed by atoms with Crippen LogP contribution in [0.4, 0.5) is 5.69 Å². The molecule has 1 fully saturated rings. The van der Waals surface area contributed by atoms with Crippen LogP contribution in [0.5, 0.6) is 0 Å². The highest BCUT2D eigenvalue weighted by Gasteiger charge is 2.22. The molecule has 0 saturated carbocycles. The van der Waals surface area contributed by atoms with Gasteiger partial charge in [-0.05, 0) is 30.3 Å². The number of carbonyl (C=O) groups is 2. The Labute approximate surface area is 180 Å². The number of nitrogens with one attached hydrogen (secondary N) is 3. The Kier molecular flexibility index (Phi) is 5.72. The van der Waals surface area contributed by atoms with Crippen LogP contribution in [0.15, 0.2) is 46.1 Å². The number of halogens is 1. The molecular formula is C20H19ClN6O4. The van der Waals surface area contributed by atoms with Gasteiger partial charge in [0.1, 0.15) is 5.65 Å². The van der Waals surface area contributed by atoms with Crippen LogP contribution >= 0.6 is 11.6 Å². The normalized spacial score (nSPS) is 14.0. The van der Waals surface area contributed by atoms with Gasteiger partial charge < -0.3 is 15.1 Å². The zero-order valence-corrected chi connectivity index (χ0v) is 17.1. The van der Waals surface area contributed by atoms with Crippen molar-refractivity contribution in [1.82, 2.24) is 25.2 Å². The van der Waals surface area contributed by atoms with Crippen molar-refractivity contribution in [2.45, 2.75) is 0 Å². The van der Waals surface area contributed by atoms with Crippen molar-refractivity contribution in [2.75, 3.05) is 37.6 Å². The summed E-state index contributed by atoms with van der Waals surface area (Å²) in [6, 6.07) is 8.87. The molecule has 31 heavy (non-hydrogen) atoms. The summed E-state index contributed by atoms with van der Waals surface area (Å²) in [4.78, 5) is 60.3. The fourth-order valence-corrected chi connectivity index (χ4v) is 3.53. The second-order valence-electron chi connectivity index (χ2n) is 7.06. The third kappa shape index (κ3) is 4.58. The van der Waals surface area contributed by atoms with Crippen molar-refractivity contribution < 1.29 is 9.59 Å². The summed E-state index contributed by atoms with van der Waals surface area (Å²) >= 11 is 5.92. The topological polar surface area (TPSA) is 131 Å². The van der Waals surface area contributed by atoms with E-state index in [-0.39, 0.29) is 29.0 Å². The Morgan fingerprint density at radius 1 is 1.06 bits per heavy atom. The molecule has 1 aliphatic heterocycles. The molecule has 0 spiro atoms. The van der Waals surface area contributed by atoms with Gasteiger partial charge in [-0.15, -0.1) is 0 Å². The van der Waals surface area contributed by atoms with Gasteiger partial charge in [0.15, 0.2) is 0 Å². The number of anilines is 1. The molecule has 0 atom stereocenters. The van der Waals surface area contributed by atoms with E-state index in [9.17, 15) is 19.2 Å². The molecule has 160 valence electrons. The van der Waals surface area contributed by atoms with Crippen LogP contribution in [0, 0.1) is 0 Å². The first-order chi connectivity index (χ1) is 14.9. The molecule has 3 N–H and O–H groups in total. The molecule has 0 bridgehead atoms. The van der Waals surface area contributed by atoms with E-state index in [2.05, 4.69) is 25.2 Å². The van der Waals surface area contributed by atoms with Crippen molar-refractivity contribution in [1.29, 1.82) is 0 Å². The summed E-state index contributed by atoms with van der Waals surface area (Å²) in [6.07, 6.45) is 1.24. The third-order valence-electron chi connectivity index (χ3n) is 5.08. The van der Waals surface area contributed by atoms with Gasteiger partial charge in [0.2, 0.25) is 5.91 Å². The van der Waals surface area contributed by atoms with E-state index in [0.717, 1.165) is 5.69 Å². The first-order valence-corrected chi connectivity index (χ1v) is 9.97. The molecule has 0 radical (unpaired) electrons. The highest BCUT2D eigenvalue weighted by atomic mass is 35.5. The van der Waals surface area contributed by atoms with Crippen molar-refractivity contribution >= 4 is 40.1 Å². The molecule has 10 nitrogen and oxygen atoms in total. The van der Waals surface area contributed by atoms with Crippen LogP contribution < -0.4 is 21.5 Å². The van der Waals surface area contributed by atoms with Crippen LogP contribution in [-0.2, 0) is 4.79 Å².